The van der Waals surface area contributed by atoms with Gasteiger partial charge in [0.05, 0.1) is 6.61 Å². The first-order valence-electron chi connectivity index (χ1n) is 9.54. The number of hydrogen-bond acceptors (Lipinski definition) is 4. The fourth-order valence-electron chi connectivity index (χ4n) is 3.11. The molecule has 0 saturated carbocycles. The highest BCUT2D eigenvalue weighted by Gasteiger charge is 2.15. The largest absolute Gasteiger partial charge is 0.493 e. The summed E-state index contributed by atoms with van der Waals surface area (Å²) in [5, 5.41) is 15.5. The maximum Gasteiger partial charge on any atom is 0.414 e. The molecule has 1 fully saturated rings. The van der Waals surface area contributed by atoms with Crippen LogP contribution in [0.15, 0.2) is 30.9 Å². The molecular weight excluding hydrogens is 382 g/mol. The highest BCUT2D eigenvalue weighted by molar-refractivity contribution is 6.30. The number of aliphatic carboxylic acids is 2. The van der Waals surface area contributed by atoms with Gasteiger partial charge in [-0.05, 0) is 74.9 Å². The Kier molecular flexibility index (Phi) is 11.3. The Bertz CT molecular complexity index is 638. The molecule has 1 atom stereocenters. The Morgan fingerprint density at radius 3 is 2.64 bits per heavy atom. The van der Waals surface area contributed by atoms with Crippen LogP contribution in [0.2, 0.25) is 5.02 Å². The molecule has 0 radical (unpaired) electrons. The van der Waals surface area contributed by atoms with Gasteiger partial charge in [0.25, 0.3) is 0 Å². The van der Waals surface area contributed by atoms with E-state index in [0.717, 1.165) is 41.7 Å². The molecule has 28 heavy (non-hydrogen) atoms. The summed E-state index contributed by atoms with van der Waals surface area (Å²) in [6, 6.07) is 5.82. The number of rotatable bonds is 8. The molecule has 1 aromatic carbocycles. The summed E-state index contributed by atoms with van der Waals surface area (Å²) in [6.45, 7) is 10.7. The summed E-state index contributed by atoms with van der Waals surface area (Å²) < 4.78 is 5.93. The number of carboxylic acid groups (broad SMARTS) is 2. The van der Waals surface area contributed by atoms with Crippen molar-refractivity contribution in [2.45, 2.75) is 39.0 Å². The molecule has 1 unspecified atom stereocenters. The molecule has 0 aliphatic carbocycles. The fraction of sp³-hybridized carbons (Fsp3) is 0.524. The Balaban J connectivity index is 0.000000568. The van der Waals surface area contributed by atoms with E-state index in [4.69, 9.17) is 36.1 Å². The number of piperidine rings is 1. The lowest BCUT2D eigenvalue weighted by atomic mass is 10.0. The number of carbonyl (C=O) groups is 2. The average Bonchev–Trinajstić information content (AvgIpc) is 2.64. The minimum Gasteiger partial charge on any atom is -0.493 e. The van der Waals surface area contributed by atoms with Crippen molar-refractivity contribution in [2.75, 3.05) is 26.2 Å². The van der Waals surface area contributed by atoms with Crippen molar-refractivity contribution in [3.63, 3.8) is 0 Å². The van der Waals surface area contributed by atoms with Crippen LogP contribution in [0.4, 0.5) is 0 Å². The molecule has 0 bridgehead atoms. The average molecular weight is 412 g/mol. The molecule has 6 nitrogen and oxygen atoms in total. The van der Waals surface area contributed by atoms with Gasteiger partial charge in [-0.2, -0.15) is 0 Å². The first-order valence-corrected chi connectivity index (χ1v) is 9.92. The molecule has 1 aliphatic heterocycles. The molecule has 2 rings (SSSR count). The number of nitrogens with zero attached hydrogens (tertiary/aromatic N) is 1. The van der Waals surface area contributed by atoms with Crippen molar-refractivity contribution >= 4 is 23.5 Å². The van der Waals surface area contributed by atoms with Crippen LogP contribution in [0, 0.1) is 5.92 Å². The topological polar surface area (TPSA) is 87.1 Å². The van der Waals surface area contributed by atoms with Gasteiger partial charge in [0, 0.05) is 11.6 Å². The molecule has 1 aliphatic rings. The van der Waals surface area contributed by atoms with Gasteiger partial charge in [-0.3, -0.25) is 0 Å². The van der Waals surface area contributed by atoms with Crippen LogP contribution in [-0.2, 0) is 16.0 Å². The first-order chi connectivity index (χ1) is 13.3. The van der Waals surface area contributed by atoms with Gasteiger partial charge in [-0.25, -0.2) is 9.59 Å². The number of benzene rings is 1. The van der Waals surface area contributed by atoms with Gasteiger partial charge in [-0.15, -0.1) is 6.58 Å². The second-order valence-corrected chi connectivity index (χ2v) is 7.40. The minimum absolute atomic E-state index is 0.753. The van der Waals surface area contributed by atoms with E-state index in [-0.39, 0.29) is 0 Å². The van der Waals surface area contributed by atoms with Crippen LogP contribution < -0.4 is 4.74 Å². The van der Waals surface area contributed by atoms with E-state index in [1.165, 1.54) is 38.9 Å². The van der Waals surface area contributed by atoms with E-state index in [1.54, 1.807) is 0 Å². The Hall–Kier alpha value is -2.05. The second kappa shape index (κ2) is 13.2. The summed E-state index contributed by atoms with van der Waals surface area (Å²) in [7, 11) is 0. The highest BCUT2D eigenvalue weighted by atomic mass is 35.5. The van der Waals surface area contributed by atoms with E-state index < -0.39 is 11.9 Å². The lowest BCUT2D eigenvalue weighted by Gasteiger charge is -2.30. The lowest BCUT2D eigenvalue weighted by Crippen LogP contribution is -2.35. The van der Waals surface area contributed by atoms with E-state index in [1.807, 2.05) is 24.3 Å². The summed E-state index contributed by atoms with van der Waals surface area (Å²) >= 11 is 6.04. The normalized spacial score (nSPS) is 16.6. The zero-order valence-corrected chi connectivity index (χ0v) is 17.2. The number of allylic oxidation sites excluding steroid dienone is 1. The third kappa shape index (κ3) is 9.76. The van der Waals surface area contributed by atoms with Crippen molar-refractivity contribution in [2.24, 2.45) is 5.92 Å². The molecule has 0 amide bonds. The van der Waals surface area contributed by atoms with Crippen molar-refractivity contribution in [1.29, 1.82) is 0 Å². The van der Waals surface area contributed by atoms with Crippen molar-refractivity contribution in [3.05, 3.63) is 41.4 Å². The smallest absolute Gasteiger partial charge is 0.414 e. The first kappa shape index (κ1) is 24.0. The molecular formula is C21H30ClNO5. The van der Waals surface area contributed by atoms with Crippen molar-refractivity contribution in [3.8, 4) is 5.75 Å². The third-order valence-electron chi connectivity index (χ3n) is 4.44. The molecule has 1 heterocycles. The number of hydrogen-bond donors (Lipinski definition) is 2. The van der Waals surface area contributed by atoms with Gasteiger partial charge in [0.1, 0.15) is 5.75 Å². The number of carboxylic acids is 2. The zero-order chi connectivity index (χ0) is 20.9. The Morgan fingerprint density at radius 2 is 2.04 bits per heavy atom. The minimum atomic E-state index is -1.82. The van der Waals surface area contributed by atoms with Crippen LogP contribution >= 0.6 is 11.6 Å². The van der Waals surface area contributed by atoms with Gasteiger partial charge < -0.3 is 19.8 Å². The van der Waals surface area contributed by atoms with E-state index in [2.05, 4.69) is 18.4 Å². The molecule has 156 valence electrons. The third-order valence-corrected chi connectivity index (χ3v) is 4.67. The highest BCUT2D eigenvalue weighted by Crippen LogP contribution is 2.24. The number of ether oxygens (including phenoxy) is 1. The molecule has 7 heteroatoms. The molecule has 1 aromatic rings. The predicted octanol–water partition coefficient (Wildman–Crippen LogP) is 4.12. The summed E-state index contributed by atoms with van der Waals surface area (Å²) in [5.74, 6) is -1.85. The van der Waals surface area contributed by atoms with Gasteiger partial charge in [-0.1, -0.05) is 24.6 Å². The van der Waals surface area contributed by atoms with Gasteiger partial charge >= 0.3 is 11.9 Å². The monoisotopic (exact) mass is 411 g/mol. The van der Waals surface area contributed by atoms with E-state index >= 15 is 0 Å². The standard InChI is InChI=1S/C19H28ClNO.C2H2O4/c1-3-7-17-14-18(20)9-10-19(17)22-13-5-4-11-21-12-6-8-16(2)15-21;3-1(4)2(5)6/h3,9-10,14,16H,1,4-8,11-13,15H2,2H3;(H,3,4)(H,5,6). The Labute approximate surface area is 171 Å². The quantitative estimate of drug-likeness (QED) is 0.380. The van der Waals surface area contributed by atoms with Crippen LogP contribution in [0.5, 0.6) is 5.75 Å². The fourth-order valence-corrected chi connectivity index (χ4v) is 3.31. The summed E-state index contributed by atoms with van der Waals surface area (Å²) in [5.41, 5.74) is 1.12. The molecule has 0 spiro atoms. The second-order valence-electron chi connectivity index (χ2n) is 6.96. The molecule has 2 N–H and O–H groups in total. The van der Waals surface area contributed by atoms with Crippen molar-refractivity contribution in [1.82, 2.24) is 4.90 Å². The maximum atomic E-state index is 9.10. The predicted molar refractivity (Wildman–Crippen MR) is 110 cm³/mol. The SMILES string of the molecule is C=CCc1cc(Cl)ccc1OCCCCN1CCCC(C)C1.O=C(O)C(=O)O. The molecule has 0 aromatic heterocycles. The van der Waals surface area contributed by atoms with Crippen LogP contribution in [0.3, 0.4) is 0 Å². The van der Waals surface area contributed by atoms with E-state index in [9.17, 15) is 0 Å². The van der Waals surface area contributed by atoms with Crippen LogP contribution in [-0.4, -0.2) is 53.3 Å². The Morgan fingerprint density at radius 1 is 1.32 bits per heavy atom. The number of likely N-dealkylation sites (tertiary alicyclic amines) is 1. The molecule has 1 saturated heterocycles. The number of halogens is 1. The summed E-state index contributed by atoms with van der Waals surface area (Å²) in [4.78, 5) is 20.8. The van der Waals surface area contributed by atoms with Crippen LogP contribution in [0.25, 0.3) is 0 Å². The summed E-state index contributed by atoms with van der Waals surface area (Å²) in [6.07, 6.45) is 7.73. The van der Waals surface area contributed by atoms with E-state index in [0.29, 0.717) is 0 Å². The van der Waals surface area contributed by atoms with Gasteiger partial charge in [0.2, 0.25) is 0 Å². The number of unbranched alkanes of at least 4 members (excludes halogenated alkanes) is 1. The maximum absolute atomic E-state index is 9.10. The lowest BCUT2D eigenvalue weighted by molar-refractivity contribution is -0.159. The zero-order valence-electron chi connectivity index (χ0n) is 16.4. The van der Waals surface area contributed by atoms with Crippen LogP contribution in [0.1, 0.15) is 38.2 Å². The van der Waals surface area contributed by atoms with Gasteiger partial charge in [0.15, 0.2) is 0 Å². The van der Waals surface area contributed by atoms with Crippen molar-refractivity contribution < 1.29 is 24.5 Å².